The highest BCUT2D eigenvalue weighted by molar-refractivity contribution is 6.30. The number of aryl methyl sites for hydroxylation is 2. The van der Waals surface area contributed by atoms with E-state index >= 15 is 0 Å². The maximum absolute atomic E-state index is 5.87. The molecule has 0 bridgehead atoms. The smallest absolute Gasteiger partial charge is 0.165 e. The topological polar surface area (TPSA) is 55.6 Å². The van der Waals surface area contributed by atoms with Gasteiger partial charge >= 0.3 is 0 Å². The van der Waals surface area contributed by atoms with Gasteiger partial charge in [-0.1, -0.05) is 23.7 Å². The minimum atomic E-state index is 0.668. The van der Waals surface area contributed by atoms with E-state index in [2.05, 4.69) is 20.8 Å². The summed E-state index contributed by atoms with van der Waals surface area (Å²) >= 11 is 5.87. The van der Waals surface area contributed by atoms with Crippen LogP contribution in [0.3, 0.4) is 0 Å². The van der Waals surface area contributed by atoms with Crippen LogP contribution in [0.4, 0.5) is 0 Å². The first kappa shape index (κ1) is 12.6. The molecule has 6 heteroatoms. The number of hydrogen-bond acceptors (Lipinski definition) is 4. The molecule has 19 heavy (non-hydrogen) atoms. The first-order valence-electron chi connectivity index (χ1n) is 6.54. The van der Waals surface area contributed by atoms with Gasteiger partial charge in [-0.25, -0.2) is 4.68 Å². The van der Waals surface area contributed by atoms with E-state index < -0.39 is 0 Å². The third-order valence-electron chi connectivity index (χ3n) is 3.26. The monoisotopic (exact) mass is 277 g/mol. The van der Waals surface area contributed by atoms with Crippen LogP contribution in [0.5, 0.6) is 0 Å². The van der Waals surface area contributed by atoms with Crippen LogP contribution in [0, 0.1) is 0 Å². The molecule has 1 heterocycles. The van der Waals surface area contributed by atoms with Gasteiger partial charge in [0.15, 0.2) is 5.82 Å². The first-order valence-corrected chi connectivity index (χ1v) is 6.92. The fourth-order valence-corrected chi connectivity index (χ4v) is 2.06. The van der Waals surface area contributed by atoms with E-state index in [-0.39, 0.29) is 0 Å². The first-order chi connectivity index (χ1) is 9.31. The molecule has 0 saturated heterocycles. The summed E-state index contributed by atoms with van der Waals surface area (Å²) < 4.78 is 1.87. The van der Waals surface area contributed by atoms with E-state index in [4.69, 9.17) is 11.6 Å². The molecule has 100 valence electrons. The molecule has 0 spiro atoms. The van der Waals surface area contributed by atoms with Crippen LogP contribution in [0.25, 0.3) is 0 Å². The van der Waals surface area contributed by atoms with Crippen molar-refractivity contribution in [2.75, 3.05) is 0 Å². The fraction of sp³-hybridized carbons (Fsp3) is 0.462. The quantitative estimate of drug-likeness (QED) is 0.875. The maximum Gasteiger partial charge on any atom is 0.165 e. The molecule has 0 amide bonds. The van der Waals surface area contributed by atoms with Crippen molar-refractivity contribution in [3.63, 3.8) is 0 Å². The fourth-order valence-electron chi connectivity index (χ4n) is 1.93. The van der Waals surface area contributed by atoms with Crippen molar-refractivity contribution in [2.24, 2.45) is 0 Å². The van der Waals surface area contributed by atoms with Gasteiger partial charge in [-0.05, 0) is 47.4 Å². The molecule has 1 aromatic heterocycles. The van der Waals surface area contributed by atoms with E-state index in [1.54, 1.807) is 0 Å². The van der Waals surface area contributed by atoms with Crippen LogP contribution < -0.4 is 5.32 Å². The maximum atomic E-state index is 5.87. The molecule has 0 atom stereocenters. The van der Waals surface area contributed by atoms with Gasteiger partial charge in [0.1, 0.15) is 0 Å². The number of rotatable bonds is 6. The molecule has 0 radical (unpaired) electrons. The van der Waals surface area contributed by atoms with Crippen LogP contribution in [0.2, 0.25) is 5.02 Å². The number of hydrogen-bond donors (Lipinski definition) is 1. The average Bonchev–Trinajstić information content (AvgIpc) is 3.15. The standard InChI is InChI=1S/C13H16ClN5/c14-11-3-1-10(2-4-11)7-8-19-13(16-17-18-19)9-15-12-5-6-12/h1-4,12,15H,5-9H2. The lowest BCUT2D eigenvalue weighted by Gasteiger charge is -2.05. The summed E-state index contributed by atoms with van der Waals surface area (Å²) in [6.07, 6.45) is 3.44. The molecule has 2 aromatic rings. The van der Waals surface area contributed by atoms with E-state index in [9.17, 15) is 0 Å². The Morgan fingerprint density at radius 3 is 2.79 bits per heavy atom. The number of nitrogens with zero attached hydrogens (tertiary/aromatic N) is 4. The average molecular weight is 278 g/mol. The second-order valence-corrected chi connectivity index (χ2v) is 5.29. The molecule has 1 fully saturated rings. The molecule has 5 nitrogen and oxygen atoms in total. The Kier molecular flexibility index (Phi) is 3.75. The van der Waals surface area contributed by atoms with Crippen molar-refractivity contribution < 1.29 is 0 Å². The lowest BCUT2D eigenvalue weighted by molar-refractivity contribution is 0.540. The van der Waals surface area contributed by atoms with E-state index in [0.29, 0.717) is 6.04 Å². The minimum Gasteiger partial charge on any atom is -0.307 e. The second-order valence-electron chi connectivity index (χ2n) is 4.85. The van der Waals surface area contributed by atoms with Crippen molar-refractivity contribution in [2.45, 2.75) is 38.4 Å². The lowest BCUT2D eigenvalue weighted by Crippen LogP contribution is -2.19. The number of benzene rings is 1. The molecule has 3 rings (SSSR count). The Bertz CT molecular complexity index is 532. The predicted octanol–water partition coefficient (Wildman–Crippen LogP) is 1.82. The predicted molar refractivity (Wildman–Crippen MR) is 72.8 cm³/mol. The van der Waals surface area contributed by atoms with Crippen molar-refractivity contribution >= 4 is 11.6 Å². The minimum absolute atomic E-state index is 0.668. The molecule has 0 unspecified atom stereocenters. The molecule has 1 aliphatic rings. The van der Waals surface area contributed by atoms with Gasteiger partial charge in [0.25, 0.3) is 0 Å². The number of nitrogens with one attached hydrogen (secondary N) is 1. The summed E-state index contributed by atoms with van der Waals surface area (Å²) in [6.45, 7) is 1.54. The zero-order chi connectivity index (χ0) is 13.1. The van der Waals surface area contributed by atoms with E-state index in [1.807, 2.05) is 28.9 Å². The highest BCUT2D eigenvalue weighted by Gasteiger charge is 2.21. The Morgan fingerprint density at radius 1 is 1.26 bits per heavy atom. The Hall–Kier alpha value is -1.46. The molecule has 0 aliphatic heterocycles. The normalized spacial score (nSPS) is 14.8. The van der Waals surface area contributed by atoms with Gasteiger partial charge in [0.2, 0.25) is 0 Å². The molecule has 1 N–H and O–H groups in total. The SMILES string of the molecule is Clc1ccc(CCn2nnnc2CNC2CC2)cc1. The van der Waals surface area contributed by atoms with Crippen LogP contribution >= 0.6 is 11.6 Å². The van der Waals surface area contributed by atoms with Gasteiger partial charge in [0.05, 0.1) is 6.54 Å². The Morgan fingerprint density at radius 2 is 2.05 bits per heavy atom. The summed E-state index contributed by atoms with van der Waals surface area (Å²) in [6, 6.07) is 8.56. The summed E-state index contributed by atoms with van der Waals surface area (Å²) in [5, 5.41) is 16.0. The van der Waals surface area contributed by atoms with E-state index in [0.717, 1.165) is 30.4 Å². The van der Waals surface area contributed by atoms with Gasteiger partial charge in [-0.3, -0.25) is 0 Å². The largest absolute Gasteiger partial charge is 0.307 e. The second kappa shape index (κ2) is 5.67. The van der Waals surface area contributed by atoms with Crippen LogP contribution in [0.15, 0.2) is 24.3 Å². The zero-order valence-electron chi connectivity index (χ0n) is 10.6. The summed E-state index contributed by atoms with van der Waals surface area (Å²) in [5.74, 6) is 0.904. The number of tetrazole rings is 1. The molecular weight excluding hydrogens is 262 g/mol. The third kappa shape index (κ3) is 3.52. The van der Waals surface area contributed by atoms with Gasteiger partial charge in [0, 0.05) is 17.6 Å². The summed E-state index contributed by atoms with van der Waals surface area (Å²) in [7, 11) is 0. The van der Waals surface area contributed by atoms with Gasteiger partial charge in [-0.2, -0.15) is 0 Å². The molecule has 1 saturated carbocycles. The lowest BCUT2D eigenvalue weighted by atomic mass is 10.1. The molecule has 1 aromatic carbocycles. The molecule has 1 aliphatic carbocycles. The van der Waals surface area contributed by atoms with Crippen LogP contribution in [0.1, 0.15) is 24.2 Å². The highest BCUT2D eigenvalue weighted by Crippen LogP contribution is 2.18. The van der Waals surface area contributed by atoms with E-state index in [1.165, 1.54) is 18.4 Å². The van der Waals surface area contributed by atoms with Crippen molar-refractivity contribution in [1.82, 2.24) is 25.5 Å². The number of aromatic nitrogens is 4. The summed E-state index contributed by atoms with van der Waals surface area (Å²) in [5.41, 5.74) is 1.24. The van der Waals surface area contributed by atoms with Crippen molar-refractivity contribution in [3.8, 4) is 0 Å². The van der Waals surface area contributed by atoms with Crippen LogP contribution in [-0.2, 0) is 19.5 Å². The Balaban J connectivity index is 1.56. The van der Waals surface area contributed by atoms with Gasteiger partial charge in [-0.15, -0.1) is 5.10 Å². The zero-order valence-corrected chi connectivity index (χ0v) is 11.3. The van der Waals surface area contributed by atoms with Gasteiger partial charge < -0.3 is 5.32 Å². The summed E-state index contributed by atoms with van der Waals surface area (Å²) in [4.78, 5) is 0. The van der Waals surface area contributed by atoms with Crippen molar-refractivity contribution in [1.29, 1.82) is 0 Å². The third-order valence-corrected chi connectivity index (χ3v) is 3.51. The highest BCUT2D eigenvalue weighted by atomic mass is 35.5. The number of halogens is 1. The van der Waals surface area contributed by atoms with Crippen molar-refractivity contribution in [3.05, 3.63) is 40.7 Å². The Labute approximate surface area is 117 Å². The van der Waals surface area contributed by atoms with Crippen LogP contribution in [-0.4, -0.2) is 26.2 Å². The molecular formula is C13H16ClN5.